The predicted molar refractivity (Wildman–Crippen MR) is 96.4 cm³/mol. The third-order valence-corrected chi connectivity index (χ3v) is 4.60. The monoisotopic (exact) mass is 324 g/mol. The van der Waals surface area contributed by atoms with Crippen LogP contribution < -0.4 is 0 Å². The molecule has 2 atom stereocenters. The minimum Gasteiger partial charge on any atom is -0.390 e. The molecule has 3 heteroatoms. The Morgan fingerprint density at radius 3 is 2.61 bits per heavy atom. The third kappa shape index (κ3) is 9.95. The van der Waals surface area contributed by atoms with E-state index in [-0.39, 0.29) is 6.29 Å². The molecule has 0 aliphatic carbocycles. The van der Waals surface area contributed by atoms with Crippen LogP contribution in [0.4, 0.5) is 0 Å². The molecule has 2 unspecified atom stereocenters. The summed E-state index contributed by atoms with van der Waals surface area (Å²) < 4.78 is 11.4. The molecule has 134 valence electrons. The van der Waals surface area contributed by atoms with E-state index < -0.39 is 5.60 Å². The molecule has 1 heterocycles. The molecule has 0 aromatic carbocycles. The maximum atomic E-state index is 9.99. The normalized spacial score (nSPS) is 22.9. The number of rotatable bonds is 10. The second-order valence-electron chi connectivity index (χ2n) is 7.14. The van der Waals surface area contributed by atoms with Crippen LogP contribution in [0.1, 0.15) is 79.1 Å². The van der Waals surface area contributed by atoms with Gasteiger partial charge in [-0.05, 0) is 72.1 Å². The molecule has 1 aliphatic rings. The van der Waals surface area contributed by atoms with Crippen molar-refractivity contribution >= 4 is 0 Å². The lowest BCUT2D eigenvalue weighted by molar-refractivity contribution is -0.156. The smallest absolute Gasteiger partial charge is 0.158 e. The summed E-state index contributed by atoms with van der Waals surface area (Å²) >= 11 is 0. The fraction of sp³-hybridized carbons (Fsp3) is 0.800. The van der Waals surface area contributed by atoms with Crippen LogP contribution in [-0.2, 0) is 9.47 Å². The van der Waals surface area contributed by atoms with E-state index >= 15 is 0 Å². The molecule has 0 saturated carbocycles. The Bertz CT molecular complexity index is 376. The summed E-state index contributed by atoms with van der Waals surface area (Å²) in [6.07, 6.45) is 12.7. The molecule has 1 aliphatic heterocycles. The van der Waals surface area contributed by atoms with Crippen LogP contribution in [-0.4, -0.2) is 30.2 Å². The largest absolute Gasteiger partial charge is 0.390 e. The minimum absolute atomic E-state index is 0.0000831. The highest BCUT2D eigenvalue weighted by Gasteiger charge is 2.15. The van der Waals surface area contributed by atoms with Crippen LogP contribution in [0, 0.1) is 0 Å². The second kappa shape index (κ2) is 11.0. The van der Waals surface area contributed by atoms with Gasteiger partial charge in [0.15, 0.2) is 6.29 Å². The van der Waals surface area contributed by atoms with Gasteiger partial charge in [0.25, 0.3) is 0 Å². The lowest BCUT2D eigenvalue weighted by Gasteiger charge is -2.22. The molecule has 1 saturated heterocycles. The fourth-order valence-electron chi connectivity index (χ4n) is 2.58. The molecule has 0 bridgehead atoms. The van der Waals surface area contributed by atoms with E-state index in [1.54, 1.807) is 0 Å². The first-order valence-electron chi connectivity index (χ1n) is 9.20. The van der Waals surface area contributed by atoms with Crippen LogP contribution in [0.15, 0.2) is 23.3 Å². The topological polar surface area (TPSA) is 38.7 Å². The van der Waals surface area contributed by atoms with Crippen LogP contribution in [0.5, 0.6) is 0 Å². The number of aliphatic hydroxyl groups is 1. The van der Waals surface area contributed by atoms with Crippen molar-refractivity contribution in [3.05, 3.63) is 23.3 Å². The van der Waals surface area contributed by atoms with E-state index in [9.17, 15) is 5.11 Å². The van der Waals surface area contributed by atoms with Crippen LogP contribution in [0.3, 0.4) is 0 Å². The van der Waals surface area contributed by atoms with Crippen molar-refractivity contribution in [3.8, 4) is 0 Å². The number of hydrogen-bond donors (Lipinski definition) is 1. The first-order valence-corrected chi connectivity index (χ1v) is 9.20. The zero-order valence-corrected chi connectivity index (χ0v) is 15.6. The van der Waals surface area contributed by atoms with Gasteiger partial charge >= 0.3 is 0 Å². The molecule has 0 amide bonds. The lowest BCUT2D eigenvalue weighted by atomic mass is 9.96. The Morgan fingerprint density at radius 2 is 1.96 bits per heavy atom. The van der Waals surface area contributed by atoms with Gasteiger partial charge in [-0.1, -0.05) is 30.2 Å². The van der Waals surface area contributed by atoms with Crippen molar-refractivity contribution in [1.82, 2.24) is 0 Å². The second-order valence-corrected chi connectivity index (χ2v) is 7.14. The summed E-state index contributed by atoms with van der Waals surface area (Å²) in [6.45, 7) is 9.76. The van der Waals surface area contributed by atoms with E-state index in [0.29, 0.717) is 6.61 Å². The average Bonchev–Trinajstić information content (AvgIpc) is 2.54. The molecule has 0 aromatic rings. The summed E-state index contributed by atoms with van der Waals surface area (Å²) in [6, 6.07) is 0. The molecule has 0 radical (unpaired) electrons. The van der Waals surface area contributed by atoms with E-state index in [0.717, 1.165) is 51.6 Å². The molecule has 3 nitrogen and oxygen atoms in total. The van der Waals surface area contributed by atoms with Gasteiger partial charge in [-0.25, -0.2) is 0 Å². The SMILES string of the molecule is CCC(C)(O)CCC=C(C)CCC=C(C)COC1CCCCO1. The van der Waals surface area contributed by atoms with Gasteiger partial charge in [0.05, 0.1) is 12.2 Å². The van der Waals surface area contributed by atoms with Crippen LogP contribution in [0.2, 0.25) is 0 Å². The maximum absolute atomic E-state index is 9.99. The van der Waals surface area contributed by atoms with Crippen molar-refractivity contribution in [1.29, 1.82) is 0 Å². The summed E-state index contributed by atoms with van der Waals surface area (Å²) in [4.78, 5) is 0. The van der Waals surface area contributed by atoms with Crippen LogP contribution in [0.25, 0.3) is 0 Å². The van der Waals surface area contributed by atoms with E-state index in [2.05, 4.69) is 26.0 Å². The number of hydrogen-bond acceptors (Lipinski definition) is 3. The molecule has 1 N–H and O–H groups in total. The molecule has 1 fully saturated rings. The van der Waals surface area contributed by atoms with E-state index in [4.69, 9.17) is 9.47 Å². The molecular weight excluding hydrogens is 288 g/mol. The Kier molecular flexibility index (Phi) is 9.77. The van der Waals surface area contributed by atoms with Gasteiger partial charge < -0.3 is 14.6 Å². The summed E-state index contributed by atoms with van der Waals surface area (Å²) in [5.74, 6) is 0. The minimum atomic E-state index is -0.522. The fourth-order valence-corrected chi connectivity index (χ4v) is 2.58. The summed E-state index contributed by atoms with van der Waals surface area (Å²) in [5, 5.41) is 9.99. The number of ether oxygens (including phenoxy) is 2. The van der Waals surface area contributed by atoms with Crippen LogP contribution >= 0.6 is 0 Å². The van der Waals surface area contributed by atoms with Crippen molar-refractivity contribution in [3.63, 3.8) is 0 Å². The Morgan fingerprint density at radius 1 is 1.22 bits per heavy atom. The Balaban J connectivity index is 2.17. The molecular formula is C20H36O3. The quantitative estimate of drug-likeness (QED) is 0.565. The van der Waals surface area contributed by atoms with Gasteiger partial charge in [0.2, 0.25) is 0 Å². The highest BCUT2D eigenvalue weighted by Crippen LogP contribution is 2.18. The van der Waals surface area contributed by atoms with Crippen molar-refractivity contribution in [2.75, 3.05) is 13.2 Å². The Hall–Kier alpha value is -0.640. The standard InChI is InChI=1S/C20H36O3/c1-5-20(4,21)14-9-12-17(2)10-8-11-18(3)16-23-19-13-6-7-15-22-19/h11-12,19,21H,5-10,13-16H2,1-4H3. The highest BCUT2D eigenvalue weighted by atomic mass is 16.7. The van der Waals surface area contributed by atoms with Gasteiger partial charge in [0.1, 0.15) is 0 Å². The first-order chi connectivity index (χ1) is 10.9. The van der Waals surface area contributed by atoms with E-state index in [1.807, 2.05) is 13.8 Å². The average molecular weight is 325 g/mol. The van der Waals surface area contributed by atoms with Gasteiger partial charge in [-0.15, -0.1) is 0 Å². The zero-order valence-electron chi connectivity index (χ0n) is 15.6. The summed E-state index contributed by atoms with van der Waals surface area (Å²) in [7, 11) is 0. The van der Waals surface area contributed by atoms with Gasteiger partial charge in [-0.3, -0.25) is 0 Å². The lowest BCUT2D eigenvalue weighted by Crippen LogP contribution is -2.22. The zero-order chi connectivity index (χ0) is 17.1. The van der Waals surface area contributed by atoms with E-state index in [1.165, 1.54) is 17.6 Å². The number of allylic oxidation sites excluding steroid dienone is 3. The third-order valence-electron chi connectivity index (χ3n) is 4.60. The van der Waals surface area contributed by atoms with Crippen molar-refractivity contribution in [2.24, 2.45) is 0 Å². The van der Waals surface area contributed by atoms with Crippen molar-refractivity contribution < 1.29 is 14.6 Å². The predicted octanol–water partition coefficient (Wildman–Crippen LogP) is 5.14. The highest BCUT2D eigenvalue weighted by molar-refractivity contribution is 5.04. The molecule has 0 aromatic heterocycles. The Labute approximate surface area is 142 Å². The molecule has 1 rings (SSSR count). The van der Waals surface area contributed by atoms with Gasteiger partial charge in [0, 0.05) is 6.61 Å². The summed E-state index contributed by atoms with van der Waals surface area (Å²) in [5.41, 5.74) is 2.16. The first kappa shape index (κ1) is 20.4. The van der Waals surface area contributed by atoms with Gasteiger partial charge in [-0.2, -0.15) is 0 Å². The van der Waals surface area contributed by atoms with Crippen molar-refractivity contribution in [2.45, 2.75) is 91.0 Å². The maximum Gasteiger partial charge on any atom is 0.158 e. The molecule has 23 heavy (non-hydrogen) atoms. The molecule has 0 spiro atoms.